The molecular weight excluding hydrogens is 148 g/mol. The van der Waals surface area contributed by atoms with Gasteiger partial charge in [0.1, 0.15) is 5.60 Å². The van der Waals surface area contributed by atoms with Gasteiger partial charge in [0.05, 0.1) is 6.10 Å². The van der Waals surface area contributed by atoms with Crippen LogP contribution in [0.25, 0.3) is 0 Å². The van der Waals surface area contributed by atoms with Crippen LogP contribution in [0.15, 0.2) is 24.8 Å². The van der Waals surface area contributed by atoms with Gasteiger partial charge in [0.15, 0.2) is 0 Å². The highest BCUT2D eigenvalue weighted by atomic mass is 16.6. The van der Waals surface area contributed by atoms with Crippen molar-refractivity contribution in [1.29, 1.82) is 0 Å². The van der Waals surface area contributed by atoms with Gasteiger partial charge in [0.2, 0.25) is 0 Å². The Morgan fingerprint density at radius 3 is 2.92 bits per heavy atom. The van der Waals surface area contributed by atoms with Crippen molar-refractivity contribution in [3.05, 3.63) is 24.8 Å². The van der Waals surface area contributed by atoms with E-state index < -0.39 is 0 Å². The number of allylic oxidation sites excluding steroid dienone is 1. The van der Waals surface area contributed by atoms with Crippen molar-refractivity contribution in [2.75, 3.05) is 0 Å². The highest BCUT2D eigenvalue weighted by Crippen LogP contribution is 2.51. The molecule has 2 aliphatic rings. The summed E-state index contributed by atoms with van der Waals surface area (Å²) in [6.45, 7) is 9.94. The second kappa shape index (κ2) is 2.46. The van der Waals surface area contributed by atoms with Gasteiger partial charge in [-0.1, -0.05) is 18.2 Å². The first-order valence-corrected chi connectivity index (χ1v) is 4.65. The number of hydrogen-bond donors (Lipinski definition) is 0. The van der Waals surface area contributed by atoms with Gasteiger partial charge in [0.25, 0.3) is 0 Å². The number of fused-ring (bicyclic) bond motifs is 1. The van der Waals surface area contributed by atoms with E-state index in [0.717, 1.165) is 12.8 Å². The molecular formula is C11H16O. The van der Waals surface area contributed by atoms with Gasteiger partial charge >= 0.3 is 0 Å². The van der Waals surface area contributed by atoms with Crippen LogP contribution in [0.1, 0.15) is 26.2 Å². The molecule has 1 aliphatic carbocycles. The summed E-state index contributed by atoms with van der Waals surface area (Å²) in [7, 11) is 0. The van der Waals surface area contributed by atoms with E-state index in [1.165, 1.54) is 12.0 Å². The van der Waals surface area contributed by atoms with Crippen LogP contribution < -0.4 is 0 Å². The minimum atomic E-state index is 0.0753. The van der Waals surface area contributed by atoms with E-state index in [1.807, 2.05) is 6.08 Å². The van der Waals surface area contributed by atoms with Gasteiger partial charge in [-0.05, 0) is 32.1 Å². The third-order valence-electron chi connectivity index (χ3n) is 3.27. The SMILES string of the molecule is C=CC12CCC(C(=C)C)CC1O2. The smallest absolute Gasteiger partial charge is 0.113 e. The van der Waals surface area contributed by atoms with E-state index >= 15 is 0 Å². The molecule has 3 atom stereocenters. The highest BCUT2D eigenvalue weighted by Gasteiger charge is 2.56. The first kappa shape index (κ1) is 8.06. The Hall–Kier alpha value is -0.560. The predicted molar refractivity (Wildman–Crippen MR) is 50.0 cm³/mol. The lowest BCUT2D eigenvalue weighted by Gasteiger charge is -2.22. The Morgan fingerprint density at radius 2 is 2.42 bits per heavy atom. The Bertz CT molecular complexity index is 231. The van der Waals surface area contributed by atoms with Crippen molar-refractivity contribution in [2.24, 2.45) is 5.92 Å². The molecule has 0 N–H and O–H groups in total. The monoisotopic (exact) mass is 164 g/mol. The molecule has 1 saturated heterocycles. The largest absolute Gasteiger partial charge is 0.362 e. The lowest BCUT2D eigenvalue weighted by Crippen LogP contribution is -2.22. The molecule has 0 spiro atoms. The minimum absolute atomic E-state index is 0.0753. The molecule has 0 radical (unpaired) electrons. The summed E-state index contributed by atoms with van der Waals surface area (Å²) in [5.41, 5.74) is 1.38. The molecule has 2 rings (SSSR count). The van der Waals surface area contributed by atoms with Crippen LogP contribution in [-0.2, 0) is 4.74 Å². The van der Waals surface area contributed by atoms with Gasteiger partial charge in [-0.15, -0.1) is 6.58 Å². The average molecular weight is 164 g/mol. The molecule has 0 amide bonds. The Balaban J connectivity index is 2.00. The summed E-state index contributed by atoms with van der Waals surface area (Å²) in [4.78, 5) is 0. The second-order valence-corrected chi connectivity index (χ2v) is 4.08. The standard InChI is InChI=1S/C11H16O/c1-4-11-6-5-9(8(2)3)7-10(11)12-11/h4,9-10H,1-2,5-7H2,3H3. The summed E-state index contributed by atoms with van der Waals surface area (Å²) in [6, 6.07) is 0. The third kappa shape index (κ3) is 1.04. The summed E-state index contributed by atoms with van der Waals surface area (Å²) >= 11 is 0. The lowest BCUT2D eigenvalue weighted by atomic mass is 9.79. The van der Waals surface area contributed by atoms with Crippen LogP contribution in [0.5, 0.6) is 0 Å². The molecule has 2 fully saturated rings. The Morgan fingerprint density at radius 1 is 1.67 bits per heavy atom. The molecule has 1 aliphatic heterocycles. The molecule has 0 aromatic rings. The second-order valence-electron chi connectivity index (χ2n) is 4.08. The summed E-state index contributed by atoms with van der Waals surface area (Å²) < 4.78 is 5.64. The highest BCUT2D eigenvalue weighted by molar-refractivity contribution is 5.19. The van der Waals surface area contributed by atoms with Crippen LogP contribution in [0.4, 0.5) is 0 Å². The predicted octanol–water partition coefficient (Wildman–Crippen LogP) is 2.69. The molecule has 0 aromatic heterocycles. The van der Waals surface area contributed by atoms with Crippen LogP contribution in [-0.4, -0.2) is 11.7 Å². The third-order valence-corrected chi connectivity index (χ3v) is 3.27. The van der Waals surface area contributed by atoms with Crippen LogP contribution in [0.3, 0.4) is 0 Å². The first-order chi connectivity index (χ1) is 5.68. The summed E-state index contributed by atoms with van der Waals surface area (Å²) in [5.74, 6) is 0.686. The zero-order chi connectivity index (χ0) is 8.77. The summed E-state index contributed by atoms with van der Waals surface area (Å²) in [5, 5.41) is 0. The topological polar surface area (TPSA) is 12.5 Å². The molecule has 3 unspecified atom stereocenters. The molecule has 0 bridgehead atoms. The zero-order valence-corrected chi connectivity index (χ0v) is 7.68. The van der Waals surface area contributed by atoms with Crippen LogP contribution >= 0.6 is 0 Å². The first-order valence-electron chi connectivity index (χ1n) is 4.65. The molecule has 1 saturated carbocycles. The quantitative estimate of drug-likeness (QED) is 0.451. The number of hydrogen-bond acceptors (Lipinski definition) is 1. The normalized spacial score (nSPS) is 44.8. The van der Waals surface area contributed by atoms with E-state index in [0.29, 0.717) is 12.0 Å². The Labute approximate surface area is 74.1 Å². The molecule has 1 nitrogen and oxygen atoms in total. The summed E-state index contributed by atoms with van der Waals surface area (Å²) in [6.07, 6.45) is 5.94. The van der Waals surface area contributed by atoms with Crippen molar-refractivity contribution in [3.8, 4) is 0 Å². The fourth-order valence-electron chi connectivity index (χ4n) is 2.20. The van der Waals surface area contributed by atoms with Crippen LogP contribution in [0, 0.1) is 5.92 Å². The van der Waals surface area contributed by atoms with Crippen molar-refractivity contribution in [1.82, 2.24) is 0 Å². The fourth-order valence-corrected chi connectivity index (χ4v) is 2.20. The van der Waals surface area contributed by atoms with Gasteiger partial charge in [-0.2, -0.15) is 0 Å². The van der Waals surface area contributed by atoms with Gasteiger partial charge in [-0.3, -0.25) is 0 Å². The van der Waals surface area contributed by atoms with E-state index in [9.17, 15) is 0 Å². The molecule has 66 valence electrons. The maximum atomic E-state index is 5.64. The average Bonchev–Trinajstić information content (AvgIpc) is 2.77. The van der Waals surface area contributed by atoms with Gasteiger partial charge in [-0.25, -0.2) is 0 Å². The molecule has 1 heteroatoms. The van der Waals surface area contributed by atoms with Gasteiger partial charge in [0, 0.05) is 0 Å². The maximum Gasteiger partial charge on any atom is 0.113 e. The lowest BCUT2D eigenvalue weighted by molar-refractivity contribution is 0.329. The molecule has 12 heavy (non-hydrogen) atoms. The van der Waals surface area contributed by atoms with E-state index in [-0.39, 0.29) is 5.60 Å². The van der Waals surface area contributed by atoms with Gasteiger partial charge < -0.3 is 4.74 Å². The number of ether oxygens (including phenoxy) is 1. The van der Waals surface area contributed by atoms with Crippen molar-refractivity contribution in [3.63, 3.8) is 0 Å². The van der Waals surface area contributed by atoms with E-state index in [2.05, 4.69) is 20.1 Å². The molecule has 0 aromatic carbocycles. The van der Waals surface area contributed by atoms with Crippen molar-refractivity contribution in [2.45, 2.75) is 37.9 Å². The van der Waals surface area contributed by atoms with E-state index in [1.54, 1.807) is 0 Å². The fraction of sp³-hybridized carbons (Fsp3) is 0.636. The van der Waals surface area contributed by atoms with Crippen molar-refractivity contribution >= 4 is 0 Å². The van der Waals surface area contributed by atoms with Crippen LogP contribution in [0.2, 0.25) is 0 Å². The van der Waals surface area contributed by atoms with E-state index in [4.69, 9.17) is 4.74 Å². The number of rotatable bonds is 2. The van der Waals surface area contributed by atoms with Crippen molar-refractivity contribution < 1.29 is 4.74 Å². The Kier molecular flexibility index (Phi) is 1.65. The number of epoxide rings is 1. The minimum Gasteiger partial charge on any atom is -0.362 e. The molecule has 1 heterocycles. The maximum absolute atomic E-state index is 5.64. The zero-order valence-electron chi connectivity index (χ0n) is 7.68.